The number of terminal acetylenes is 1. The van der Waals surface area contributed by atoms with Gasteiger partial charge in [0.05, 0.1) is 11.3 Å². The Kier molecular flexibility index (Phi) is 2.64. The number of anilines is 1. The maximum Gasteiger partial charge on any atom is 0.299 e. The van der Waals surface area contributed by atoms with Gasteiger partial charge in [0.25, 0.3) is 11.7 Å². The van der Waals surface area contributed by atoms with Crippen molar-refractivity contribution in [1.82, 2.24) is 0 Å². The SMILES string of the molecule is C#CCCN1C(=O)C(=O)c2cc(F)c(F)cc21. The lowest BCUT2D eigenvalue weighted by molar-refractivity contribution is -0.114. The summed E-state index contributed by atoms with van der Waals surface area (Å²) in [5.41, 5.74) is -0.0416. The van der Waals surface area contributed by atoms with Gasteiger partial charge < -0.3 is 4.90 Å². The molecule has 86 valence electrons. The Bertz CT molecular complexity index is 560. The zero-order valence-corrected chi connectivity index (χ0v) is 8.67. The second-order valence-electron chi connectivity index (χ2n) is 3.52. The molecule has 0 fully saturated rings. The second kappa shape index (κ2) is 3.98. The highest BCUT2D eigenvalue weighted by atomic mass is 19.2. The molecule has 1 aromatic carbocycles. The van der Waals surface area contributed by atoms with Gasteiger partial charge >= 0.3 is 0 Å². The van der Waals surface area contributed by atoms with Crippen molar-refractivity contribution in [1.29, 1.82) is 0 Å². The highest BCUT2D eigenvalue weighted by Gasteiger charge is 2.36. The summed E-state index contributed by atoms with van der Waals surface area (Å²) in [6.45, 7) is 0.110. The van der Waals surface area contributed by atoms with Crippen LogP contribution in [0.15, 0.2) is 12.1 Å². The summed E-state index contributed by atoms with van der Waals surface area (Å²) < 4.78 is 26.0. The Labute approximate surface area is 96.0 Å². The molecule has 0 bridgehead atoms. The van der Waals surface area contributed by atoms with Crippen LogP contribution in [0.25, 0.3) is 0 Å². The minimum atomic E-state index is -1.15. The van der Waals surface area contributed by atoms with Crippen molar-refractivity contribution in [3.63, 3.8) is 0 Å². The number of hydrogen-bond donors (Lipinski definition) is 0. The van der Waals surface area contributed by atoms with Crippen LogP contribution in [0.2, 0.25) is 0 Å². The van der Waals surface area contributed by atoms with Crippen LogP contribution in [0.3, 0.4) is 0 Å². The van der Waals surface area contributed by atoms with Crippen LogP contribution in [0.1, 0.15) is 16.8 Å². The summed E-state index contributed by atoms with van der Waals surface area (Å²) in [7, 11) is 0. The van der Waals surface area contributed by atoms with Gasteiger partial charge in [0.2, 0.25) is 0 Å². The van der Waals surface area contributed by atoms with Crippen molar-refractivity contribution in [2.45, 2.75) is 6.42 Å². The third-order valence-corrected chi connectivity index (χ3v) is 2.49. The predicted molar refractivity (Wildman–Crippen MR) is 56.5 cm³/mol. The van der Waals surface area contributed by atoms with Crippen LogP contribution in [-0.2, 0) is 4.79 Å². The number of nitrogens with zero attached hydrogens (tertiary/aromatic N) is 1. The van der Waals surface area contributed by atoms with Gasteiger partial charge in [-0.15, -0.1) is 12.3 Å². The lowest BCUT2D eigenvalue weighted by atomic mass is 10.1. The monoisotopic (exact) mass is 235 g/mol. The number of rotatable bonds is 2. The third kappa shape index (κ3) is 1.68. The number of carbonyl (C=O) groups is 2. The number of ketones is 1. The van der Waals surface area contributed by atoms with E-state index in [2.05, 4.69) is 5.92 Å². The zero-order valence-electron chi connectivity index (χ0n) is 8.67. The Balaban J connectivity index is 2.49. The summed E-state index contributed by atoms with van der Waals surface area (Å²) in [5, 5.41) is 0. The molecule has 1 aliphatic rings. The molecule has 1 aromatic rings. The number of amides is 1. The number of hydrogen-bond acceptors (Lipinski definition) is 2. The fourth-order valence-corrected chi connectivity index (χ4v) is 1.69. The maximum absolute atomic E-state index is 13.1. The first-order chi connectivity index (χ1) is 8.06. The average molecular weight is 235 g/mol. The minimum absolute atomic E-state index is 0.0779. The van der Waals surface area contributed by atoms with Crippen LogP contribution in [0.4, 0.5) is 14.5 Å². The Hall–Kier alpha value is -2.22. The molecule has 3 nitrogen and oxygen atoms in total. The lowest BCUT2D eigenvalue weighted by Crippen LogP contribution is -2.30. The quantitative estimate of drug-likeness (QED) is 0.575. The third-order valence-electron chi connectivity index (χ3n) is 2.49. The van der Waals surface area contributed by atoms with E-state index in [1.807, 2.05) is 0 Å². The molecular formula is C12H7F2NO2. The molecule has 0 spiro atoms. The molecule has 2 rings (SSSR count). The van der Waals surface area contributed by atoms with E-state index in [9.17, 15) is 18.4 Å². The Morgan fingerprint density at radius 3 is 2.53 bits per heavy atom. The second-order valence-corrected chi connectivity index (χ2v) is 3.52. The fourth-order valence-electron chi connectivity index (χ4n) is 1.69. The molecule has 1 aliphatic heterocycles. The van der Waals surface area contributed by atoms with E-state index in [0.29, 0.717) is 0 Å². The van der Waals surface area contributed by atoms with Crippen LogP contribution >= 0.6 is 0 Å². The molecule has 0 unspecified atom stereocenters. The largest absolute Gasteiger partial charge is 0.304 e. The molecule has 0 aromatic heterocycles. The highest BCUT2D eigenvalue weighted by Crippen LogP contribution is 2.30. The van der Waals surface area contributed by atoms with E-state index < -0.39 is 23.3 Å². The van der Waals surface area contributed by atoms with E-state index in [1.54, 1.807) is 0 Å². The van der Waals surface area contributed by atoms with Gasteiger partial charge in [-0.05, 0) is 6.07 Å². The van der Waals surface area contributed by atoms with Gasteiger partial charge in [-0.3, -0.25) is 9.59 Å². The summed E-state index contributed by atoms with van der Waals surface area (Å²) in [4.78, 5) is 24.1. The molecule has 0 N–H and O–H groups in total. The Morgan fingerprint density at radius 1 is 1.24 bits per heavy atom. The van der Waals surface area contributed by atoms with E-state index in [0.717, 1.165) is 17.0 Å². The van der Waals surface area contributed by atoms with Gasteiger partial charge in [0.1, 0.15) is 0 Å². The summed E-state index contributed by atoms with van der Waals surface area (Å²) >= 11 is 0. The van der Waals surface area contributed by atoms with Crippen LogP contribution < -0.4 is 4.90 Å². The first kappa shape index (κ1) is 11.3. The first-order valence-corrected chi connectivity index (χ1v) is 4.85. The maximum atomic E-state index is 13.1. The lowest BCUT2D eigenvalue weighted by Gasteiger charge is -2.14. The van der Waals surface area contributed by atoms with Crippen molar-refractivity contribution < 1.29 is 18.4 Å². The van der Waals surface area contributed by atoms with Crippen LogP contribution in [0.5, 0.6) is 0 Å². The molecule has 1 amide bonds. The Morgan fingerprint density at radius 2 is 1.88 bits per heavy atom. The van der Waals surface area contributed by atoms with Gasteiger partial charge in [0, 0.05) is 19.0 Å². The molecule has 0 saturated heterocycles. The van der Waals surface area contributed by atoms with E-state index in [4.69, 9.17) is 6.42 Å². The number of fused-ring (bicyclic) bond motifs is 1. The minimum Gasteiger partial charge on any atom is -0.304 e. The summed E-state index contributed by atoms with van der Waals surface area (Å²) in [6.07, 6.45) is 5.29. The fraction of sp³-hybridized carbons (Fsp3) is 0.167. The molecule has 0 atom stereocenters. The van der Waals surface area contributed by atoms with Crippen molar-refractivity contribution in [2.75, 3.05) is 11.4 Å². The van der Waals surface area contributed by atoms with E-state index in [-0.39, 0.29) is 24.2 Å². The van der Waals surface area contributed by atoms with Gasteiger partial charge in [-0.25, -0.2) is 8.78 Å². The highest BCUT2D eigenvalue weighted by molar-refractivity contribution is 6.52. The molecule has 0 aliphatic carbocycles. The average Bonchev–Trinajstić information content (AvgIpc) is 2.52. The normalized spacial score (nSPS) is 13.8. The predicted octanol–water partition coefficient (Wildman–Crippen LogP) is 1.52. The van der Waals surface area contributed by atoms with E-state index in [1.165, 1.54) is 0 Å². The van der Waals surface area contributed by atoms with Crippen LogP contribution in [0, 0.1) is 24.0 Å². The van der Waals surface area contributed by atoms with E-state index >= 15 is 0 Å². The topological polar surface area (TPSA) is 37.4 Å². The zero-order chi connectivity index (χ0) is 12.6. The van der Waals surface area contributed by atoms with Crippen molar-refractivity contribution in [3.05, 3.63) is 29.3 Å². The number of Topliss-reactive ketones (excluding diaryl/α,β-unsaturated/α-hetero) is 1. The van der Waals surface area contributed by atoms with Gasteiger partial charge in [-0.2, -0.15) is 0 Å². The van der Waals surface area contributed by atoms with Gasteiger partial charge in [-0.1, -0.05) is 0 Å². The van der Waals surface area contributed by atoms with Crippen LogP contribution in [-0.4, -0.2) is 18.2 Å². The van der Waals surface area contributed by atoms with Gasteiger partial charge in [0.15, 0.2) is 11.6 Å². The van der Waals surface area contributed by atoms with Crippen molar-refractivity contribution >= 4 is 17.4 Å². The summed E-state index contributed by atoms with van der Waals surface area (Å²) in [6, 6.07) is 1.57. The molecule has 5 heteroatoms. The first-order valence-electron chi connectivity index (χ1n) is 4.85. The smallest absolute Gasteiger partial charge is 0.299 e. The number of carbonyl (C=O) groups excluding carboxylic acids is 2. The molecule has 0 radical (unpaired) electrons. The number of benzene rings is 1. The molecule has 0 saturated carbocycles. The standard InChI is InChI=1S/C12H7F2NO2/c1-2-3-4-15-10-6-9(14)8(13)5-7(10)11(16)12(15)17/h1,5-6H,3-4H2. The molecular weight excluding hydrogens is 228 g/mol. The van der Waals surface area contributed by atoms with Crippen molar-refractivity contribution in [3.8, 4) is 12.3 Å². The molecule has 1 heterocycles. The molecule has 17 heavy (non-hydrogen) atoms. The number of halogens is 2. The summed E-state index contributed by atoms with van der Waals surface area (Å²) in [5.74, 6) is -1.58. The van der Waals surface area contributed by atoms with Crippen molar-refractivity contribution in [2.24, 2.45) is 0 Å².